The van der Waals surface area contributed by atoms with Gasteiger partial charge in [-0.15, -0.1) is 12.4 Å². The normalized spacial score (nSPS) is 26.2. The van der Waals surface area contributed by atoms with Gasteiger partial charge in [0.2, 0.25) is 5.91 Å². The molecule has 1 rings (SSSR count). The molecular formula is C8H18ClN3O. The number of rotatable bonds is 3. The van der Waals surface area contributed by atoms with Crippen molar-refractivity contribution in [2.75, 3.05) is 0 Å². The highest BCUT2D eigenvalue weighted by Gasteiger charge is 2.35. The molecule has 0 spiro atoms. The van der Waals surface area contributed by atoms with Gasteiger partial charge in [-0.1, -0.05) is 0 Å². The van der Waals surface area contributed by atoms with Gasteiger partial charge in [-0.3, -0.25) is 4.79 Å². The lowest BCUT2D eigenvalue weighted by Crippen LogP contribution is -2.40. The summed E-state index contributed by atoms with van der Waals surface area (Å²) < 4.78 is 0. The first-order chi connectivity index (χ1) is 5.38. The largest absolute Gasteiger partial charge is 0.352 e. The summed E-state index contributed by atoms with van der Waals surface area (Å²) in [6.07, 6.45) is 1.26. The number of amides is 1. The minimum Gasteiger partial charge on any atom is -0.352 e. The second-order valence-corrected chi connectivity index (χ2v) is 4.24. The van der Waals surface area contributed by atoms with E-state index < -0.39 is 5.54 Å². The van der Waals surface area contributed by atoms with E-state index in [1.54, 1.807) is 0 Å². The van der Waals surface area contributed by atoms with E-state index >= 15 is 0 Å². The lowest BCUT2D eigenvalue weighted by atomic mass is 10.0. The minimum atomic E-state index is -0.428. The summed E-state index contributed by atoms with van der Waals surface area (Å²) in [7, 11) is 0. The average Bonchev–Trinajstić information content (AvgIpc) is 2.40. The lowest BCUT2D eigenvalue weighted by Gasteiger charge is -2.17. The van der Waals surface area contributed by atoms with Gasteiger partial charge in [0.05, 0.1) is 0 Å². The number of hydrogen-bond donors (Lipinski definition) is 3. The van der Waals surface area contributed by atoms with Crippen molar-refractivity contribution in [1.29, 1.82) is 0 Å². The van der Waals surface area contributed by atoms with Crippen molar-refractivity contribution in [3.8, 4) is 0 Å². The fraction of sp³-hybridized carbons (Fsp3) is 0.875. The third kappa shape index (κ3) is 5.08. The summed E-state index contributed by atoms with van der Waals surface area (Å²) in [5.74, 6) is 0.000417. The number of carbonyl (C=O) groups excluding carboxylic acids is 1. The van der Waals surface area contributed by atoms with Gasteiger partial charge in [0.25, 0.3) is 0 Å². The zero-order valence-electron chi connectivity index (χ0n) is 8.04. The number of hydrogen-bond acceptors (Lipinski definition) is 3. The summed E-state index contributed by atoms with van der Waals surface area (Å²) in [6.45, 7) is 3.67. The molecule has 13 heavy (non-hydrogen) atoms. The molecule has 4 nitrogen and oxygen atoms in total. The van der Waals surface area contributed by atoms with Crippen molar-refractivity contribution in [2.45, 2.75) is 44.3 Å². The Balaban J connectivity index is 0.00000144. The summed E-state index contributed by atoms with van der Waals surface area (Å²) in [5.41, 5.74) is 10.8. The number of carbonyl (C=O) groups is 1. The van der Waals surface area contributed by atoms with Crippen molar-refractivity contribution >= 4 is 18.3 Å². The lowest BCUT2D eigenvalue weighted by molar-refractivity contribution is -0.122. The van der Waals surface area contributed by atoms with Crippen LogP contribution in [0.3, 0.4) is 0 Å². The fourth-order valence-electron chi connectivity index (χ4n) is 1.05. The van der Waals surface area contributed by atoms with Crippen LogP contribution in [0.4, 0.5) is 0 Å². The van der Waals surface area contributed by atoms with E-state index in [0.29, 0.717) is 6.42 Å². The molecule has 1 fully saturated rings. The second kappa shape index (κ2) is 4.26. The summed E-state index contributed by atoms with van der Waals surface area (Å²) in [6, 6.07) is 0.356. The smallest absolute Gasteiger partial charge is 0.222 e. The predicted molar refractivity (Wildman–Crippen MR) is 54.7 cm³/mol. The maximum Gasteiger partial charge on any atom is 0.222 e. The Morgan fingerprint density at radius 3 is 2.38 bits per heavy atom. The van der Waals surface area contributed by atoms with Crippen LogP contribution in [0.1, 0.15) is 26.7 Å². The minimum absolute atomic E-state index is 0. The molecule has 2 unspecified atom stereocenters. The topological polar surface area (TPSA) is 81.1 Å². The van der Waals surface area contributed by atoms with Gasteiger partial charge in [-0.2, -0.15) is 0 Å². The maximum atomic E-state index is 11.2. The van der Waals surface area contributed by atoms with E-state index in [-0.39, 0.29) is 30.4 Å². The molecule has 0 bridgehead atoms. The van der Waals surface area contributed by atoms with Crippen LogP contribution < -0.4 is 16.8 Å². The van der Waals surface area contributed by atoms with Crippen molar-refractivity contribution in [3.05, 3.63) is 0 Å². The van der Waals surface area contributed by atoms with E-state index in [2.05, 4.69) is 5.32 Å². The van der Waals surface area contributed by atoms with Gasteiger partial charge in [-0.25, -0.2) is 0 Å². The molecule has 1 saturated carbocycles. The predicted octanol–water partition coefficient (Wildman–Crippen LogP) is -0.249. The number of halogens is 1. The van der Waals surface area contributed by atoms with Crippen LogP contribution in [0.25, 0.3) is 0 Å². The molecule has 78 valence electrons. The van der Waals surface area contributed by atoms with Crippen molar-refractivity contribution in [3.63, 3.8) is 0 Å². The molecule has 5 heteroatoms. The molecule has 0 aromatic rings. The van der Waals surface area contributed by atoms with E-state index in [0.717, 1.165) is 6.42 Å². The van der Waals surface area contributed by atoms with Gasteiger partial charge in [0.15, 0.2) is 0 Å². The Morgan fingerprint density at radius 1 is 1.62 bits per heavy atom. The van der Waals surface area contributed by atoms with Crippen molar-refractivity contribution in [2.24, 2.45) is 11.5 Å². The van der Waals surface area contributed by atoms with Crippen LogP contribution in [-0.2, 0) is 4.79 Å². The van der Waals surface area contributed by atoms with Crippen molar-refractivity contribution < 1.29 is 4.79 Å². The van der Waals surface area contributed by atoms with Gasteiger partial charge in [0.1, 0.15) is 0 Å². The van der Waals surface area contributed by atoms with Gasteiger partial charge >= 0.3 is 0 Å². The second-order valence-electron chi connectivity index (χ2n) is 4.24. The first-order valence-electron chi connectivity index (χ1n) is 4.22. The van der Waals surface area contributed by atoms with E-state index in [1.165, 1.54) is 0 Å². The van der Waals surface area contributed by atoms with Crippen LogP contribution in [0, 0.1) is 0 Å². The molecule has 0 radical (unpaired) electrons. The molecule has 1 aliphatic rings. The van der Waals surface area contributed by atoms with E-state index in [9.17, 15) is 4.79 Å². The van der Waals surface area contributed by atoms with Gasteiger partial charge in [0, 0.05) is 24.0 Å². The first kappa shape index (κ1) is 12.7. The Kier molecular flexibility index (Phi) is 4.16. The van der Waals surface area contributed by atoms with Crippen LogP contribution >= 0.6 is 12.4 Å². The molecule has 0 aliphatic heterocycles. The molecule has 2 atom stereocenters. The molecule has 0 heterocycles. The van der Waals surface area contributed by atoms with E-state index in [1.807, 2.05) is 13.8 Å². The molecule has 0 saturated heterocycles. The number of nitrogens with one attached hydrogen (secondary N) is 1. The van der Waals surface area contributed by atoms with Crippen LogP contribution in [0.5, 0.6) is 0 Å². The highest BCUT2D eigenvalue weighted by molar-refractivity contribution is 5.85. The van der Waals surface area contributed by atoms with Crippen LogP contribution in [-0.4, -0.2) is 23.5 Å². The van der Waals surface area contributed by atoms with E-state index in [4.69, 9.17) is 11.5 Å². The molecule has 1 aliphatic carbocycles. The zero-order chi connectivity index (χ0) is 9.35. The Morgan fingerprint density at radius 2 is 2.08 bits per heavy atom. The molecule has 1 amide bonds. The first-order valence-corrected chi connectivity index (χ1v) is 4.22. The summed E-state index contributed by atoms with van der Waals surface area (Å²) in [4.78, 5) is 11.2. The molecule has 5 N–H and O–H groups in total. The monoisotopic (exact) mass is 207 g/mol. The Bertz CT molecular complexity index is 190. The Labute approximate surface area is 84.8 Å². The van der Waals surface area contributed by atoms with Gasteiger partial charge in [-0.05, 0) is 20.3 Å². The number of nitrogens with two attached hydrogens (primary N) is 2. The fourth-order valence-corrected chi connectivity index (χ4v) is 1.05. The average molecular weight is 208 g/mol. The summed E-state index contributed by atoms with van der Waals surface area (Å²) >= 11 is 0. The SMILES string of the molecule is CC(C)(N)CC(=O)NC1CC1N.Cl. The third-order valence-corrected chi connectivity index (χ3v) is 1.80. The van der Waals surface area contributed by atoms with Crippen molar-refractivity contribution in [1.82, 2.24) is 5.32 Å². The highest BCUT2D eigenvalue weighted by Crippen LogP contribution is 2.18. The third-order valence-electron chi connectivity index (χ3n) is 1.80. The summed E-state index contributed by atoms with van der Waals surface area (Å²) in [5, 5.41) is 2.82. The standard InChI is InChI=1S/C8H17N3O.ClH/c1-8(2,10)4-7(12)11-6-3-5(6)9;/h5-6H,3-4,9-10H2,1-2H3,(H,11,12);1H. The highest BCUT2D eigenvalue weighted by atomic mass is 35.5. The Hall–Kier alpha value is -0.320. The van der Waals surface area contributed by atoms with Crippen LogP contribution in [0.2, 0.25) is 0 Å². The maximum absolute atomic E-state index is 11.2. The molecule has 0 aromatic heterocycles. The molecule has 0 aromatic carbocycles. The molecular weight excluding hydrogens is 190 g/mol. The zero-order valence-corrected chi connectivity index (χ0v) is 8.86. The van der Waals surface area contributed by atoms with Gasteiger partial charge < -0.3 is 16.8 Å². The van der Waals surface area contributed by atoms with Crippen LogP contribution in [0.15, 0.2) is 0 Å². The quantitative estimate of drug-likeness (QED) is 0.597.